The Labute approximate surface area is 124 Å². The van der Waals surface area contributed by atoms with Crippen LogP contribution < -0.4 is 5.73 Å². The Morgan fingerprint density at radius 3 is 2.43 bits per heavy atom. The third-order valence-electron chi connectivity index (χ3n) is 3.22. The summed E-state index contributed by atoms with van der Waals surface area (Å²) in [5, 5.41) is 19.0. The molecule has 2 rings (SSSR count). The number of hydrogen-bond acceptors (Lipinski definition) is 3. The van der Waals surface area contributed by atoms with E-state index in [9.17, 15) is 18.3 Å². The van der Waals surface area contributed by atoms with E-state index in [1.165, 1.54) is 0 Å². The molecule has 0 aromatic heterocycles. The van der Waals surface area contributed by atoms with Crippen LogP contribution in [0.25, 0.3) is 0 Å². The van der Waals surface area contributed by atoms with Crippen LogP contribution in [0.2, 0.25) is 5.02 Å². The van der Waals surface area contributed by atoms with Crippen molar-refractivity contribution in [1.82, 2.24) is 0 Å². The number of rotatable bonds is 2. The number of nitrogen functional groups attached to an aromatic ring is 1. The van der Waals surface area contributed by atoms with E-state index in [1.54, 1.807) is 0 Å². The lowest BCUT2D eigenvalue weighted by molar-refractivity contribution is -0.240. The maximum atomic E-state index is 13.3. The number of anilines is 1. The SMILES string of the molecule is Nc1cc(CO)c(Cl)cc1C(O)(C#CC1CC1)C(F)(F)F. The molecule has 1 aromatic carbocycles. The fourth-order valence-corrected chi connectivity index (χ4v) is 2.02. The summed E-state index contributed by atoms with van der Waals surface area (Å²) in [6, 6.07) is 2.00. The Bertz CT molecular complexity index is 617. The van der Waals surface area contributed by atoms with Crippen molar-refractivity contribution in [2.45, 2.75) is 31.2 Å². The van der Waals surface area contributed by atoms with E-state index >= 15 is 0 Å². The van der Waals surface area contributed by atoms with Gasteiger partial charge in [-0.25, -0.2) is 0 Å². The lowest BCUT2D eigenvalue weighted by atomic mass is 9.91. The fraction of sp³-hybridized carbons (Fsp3) is 0.429. The Morgan fingerprint density at radius 1 is 1.33 bits per heavy atom. The van der Waals surface area contributed by atoms with E-state index in [0.717, 1.165) is 25.0 Å². The summed E-state index contributed by atoms with van der Waals surface area (Å²) in [5.41, 5.74) is 1.43. The third-order valence-corrected chi connectivity index (χ3v) is 3.58. The summed E-state index contributed by atoms with van der Waals surface area (Å²) >= 11 is 5.79. The molecular formula is C14H13ClF3NO2. The van der Waals surface area contributed by atoms with Crippen LogP contribution in [-0.4, -0.2) is 16.4 Å². The van der Waals surface area contributed by atoms with Gasteiger partial charge in [-0.3, -0.25) is 0 Å². The quantitative estimate of drug-likeness (QED) is 0.580. The molecule has 1 aliphatic rings. The molecule has 21 heavy (non-hydrogen) atoms. The predicted octanol–water partition coefficient (Wildman–Crippen LogP) is 2.58. The maximum absolute atomic E-state index is 13.3. The van der Waals surface area contributed by atoms with Crippen LogP contribution in [-0.2, 0) is 12.2 Å². The first-order valence-corrected chi connectivity index (χ1v) is 6.58. The molecule has 0 aliphatic heterocycles. The van der Waals surface area contributed by atoms with Gasteiger partial charge in [-0.15, -0.1) is 0 Å². The van der Waals surface area contributed by atoms with Gasteiger partial charge in [-0.1, -0.05) is 23.4 Å². The monoisotopic (exact) mass is 319 g/mol. The van der Waals surface area contributed by atoms with Crippen molar-refractivity contribution in [3.05, 3.63) is 28.3 Å². The molecule has 4 N–H and O–H groups in total. The number of aliphatic hydroxyl groups excluding tert-OH is 1. The van der Waals surface area contributed by atoms with Gasteiger partial charge in [0.1, 0.15) is 0 Å². The highest BCUT2D eigenvalue weighted by Crippen LogP contribution is 2.43. The van der Waals surface area contributed by atoms with Crippen LogP contribution in [0.1, 0.15) is 24.0 Å². The molecule has 3 nitrogen and oxygen atoms in total. The maximum Gasteiger partial charge on any atom is 0.433 e. The molecule has 1 unspecified atom stereocenters. The van der Waals surface area contributed by atoms with Crippen molar-refractivity contribution in [3.8, 4) is 11.8 Å². The Balaban J connectivity index is 2.57. The lowest BCUT2D eigenvalue weighted by Gasteiger charge is -2.27. The standard InChI is InChI=1S/C14H13ClF3NO2/c15-11-6-10(12(19)5-9(11)7-20)13(21,14(16,17)18)4-3-8-1-2-8/h5-6,8,20-21H,1-2,7,19H2. The van der Waals surface area contributed by atoms with Gasteiger partial charge in [0.25, 0.3) is 0 Å². The second-order valence-corrected chi connectivity index (χ2v) is 5.35. The zero-order chi connectivity index (χ0) is 15.8. The van der Waals surface area contributed by atoms with Crippen molar-refractivity contribution < 1.29 is 23.4 Å². The highest BCUT2D eigenvalue weighted by molar-refractivity contribution is 6.31. The Kier molecular flexibility index (Phi) is 4.11. The van der Waals surface area contributed by atoms with E-state index < -0.39 is 23.9 Å². The van der Waals surface area contributed by atoms with Crippen LogP contribution in [0.5, 0.6) is 0 Å². The Hall–Kier alpha value is -1.42. The van der Waals surface area contributed by atoms with Gasteiger partial charge in [0, 0.05) is 22.2 Å². The molecule has 1 fully saturated rings. The normalized spacial score (nSPS) is 17.8. The van der Waals surface area contributed by atoms with E-state index in [-0.39, 0.29) is 22.2 Å². The van der Waals surface area contributed by atoms with Gasteiger partial charge in [-0.2, -0.15) is 13.2 Å². The minimum atomic E-state index is -5.02. The molecule has 0 heterocycles. The summed E-state index contributed by atoms with van der Waals surface area (Å²) < 4.78 is 39.8. The molecule has 7 heteroatoms. The molecule has 1 aliphatic carbocycles. The van der Waals surface area contributed by atoms with E-state index in [0.29, 0.717) is 0 Å². The van der Waals surface area contributed by atoms with Gasteiger partial charge in [-0.05, 0) is 30.5 Å². The molecule has 0 bridgehead atoms. The van der Waals surface area contributed by atoms with Crippen LogP contribution in [0.3, 0.4) is 0 Å². The predicted molar refractivity (Wildman–Crippen MR) is 72.2 cm³/mol. The van der Waals surface area contributed by atoms with Crippen molar-refractivity contribution in [2.75, 3.05) is 5.73 Å². The smallest absolute Gasteiger partial charge is 0.398 e. The summed E-state index contributed by atoms with van der Waals surface area (Å²) in [6.07, 6.45) is -3.58. The first-order chi connectivity index (χ1) is 9.69. The number of halogens is 4. The Morgan fingerprint density at radius 2 is 1.95 bits per heavy atom. The largest absolute Gasteiger partial charge is 0.433 e. The van der Waals surface area contributed by atoms with E-state index in [2.05, 4.69) is 5.92 Å². The zero-order valence-corrected chi connectivity index (χ0v) is 11.6. The van der Waals surface area contributed by atoms with Crippen LogP contribution in [0.4, 0.5) is 18.9 Å². The first kappa shape index (κ1) is 16.0. The van der Waals surface area contributed by atoms with Gasteiger partial charge < -0.3 is 15.9 Å². The number of hydrogen-bond donors (Lipinski definition) is 3. The second-order valence-electron chi connectivity index (χ2n) is 4.94. The minimum absolute atomic E-state index is 0.113. The van der Waals surface area contributed by atoms with Gasteiger partial charge in [0.05, 0.1) is 6.61 Å². The van der Waals surface area contributed by atoms with E-state index in [4.69, 9.17) is 22.4 Å². The van der Waals surface area contributed by atoms with Crippen molar-refractivity contribution in [2.24, 2.45) is 5.92 Å². The summed E-state index contributed by atoms with van der Waals surface area (Å²) in [6.45, 7) is -0.471. The second kappa shape index (κ2) is 5.41. The first-order valence-electron chi connectivity index (χ1n) is 6.20. The summed E-state index contributed by atoms with van der Waals surface area (Å²) in [4.78, 5) is 0. The molecule has 0 saturated heterocycles. The number of alkyl halides is 3. The molecular weight excluding hydrogens is 307 g/mol. The number of nitrogens with two attached hydrogens (primary N) is 1. The number of benzene rings is 1. The molecule has 114 valence electrons. The summed E-state index contributed by atoms with van der Waals surface area (Å²) in [7, 11) is 0. The average Bonchev–Trinajstić information content (AvgIpc) is 3.21. The van der Waals surface area contributed by atoms with Gasteiger partial charge >= 0.3 is 6.18 Å². The minimum Gasteiger partial charge on any atom is -0.398 e. The molecule has 0 spiro atoms. The van der Waals surface area contributed by atoms with E-state index in [1.807, 2.05) is 5.92 Å². The molecule has 1 saturated carbocycles. The van der Waals surface area contributed by atoms with Crippen LogP contribution in [0, 0.1) is 17.8 Å². The van der Waals surface area contributed by atoms with Crippen LogP contribution in [0.15, 0.2) is 12.1 Å². The van der Waals surface area contributed by atoms with Crippen molar-refractivity contribution >= 4 is 17.3 Å². The molecule has 1 aromatic rings. The van der Waals surface area contributed by atoms with Crippen molar-refractivity contribution in [1.29, 1.82) is 0 Å². The van der Waals surface area contributed by atoms with Crippen molar-refractivity contribution in [3.63, 3.8) is 0 Å². The zero-order valence-electron chi connectivity index (χ0n) is 10.8. The number of aliphatic hydroxyl groups is 2. The molecule has 0 radical (unpaired) electrons. The average molecular weight is 320 g/mol. The lowest BCUT2D eigenvalue weighted by Crippen LogP contribution is -2.41. The third kappa shape index (κ3) is 3.10. The molecule has 1 atom stereocenters. The van der Waals surface area contributed by atoms with Gasteiger partial charge in [0.2, 0.25) is 5.60 Å². The van der Waals surface area contributed by atoms with Crippen LogP contribution >= 0.6 is 11.6 Å². The topological polar surface area (TPSA) is 66.5 Å². The molecule has 0 amide bonds. The highest BCUT2D eigenvalue weighted by atomic mass is 35.5. The highest BCUT2D eigenvalue weighted by Gasteiger charge is 2.55. The fourth-order valence-electron chi connectivity index (χ4n) is 1.80. The van der Waals surface area contributed by atoms with Gasteiger partial charge in [0.15, 0.2) is 0 Å². The summed E-state index contributed by atoms with van der Waals surface area (Å²) in [5.74, 6) is 4.19.